The van der Waals surface area contributed by atoms with Crippen molar-refractivity contribution in [1.82, 2.24) is 0 Å². The molecule has 0 amide bonds. The predicted octanol–water partition coefficient (Wildman–Crippen LogP) is 14.0. The first kappa shape index (κ1) is 30.4. The van der Waals surface area contributed by atoms with Crippen LogP contribution in [0.4, 0.5) is 21.5 Å². The van der Waals surface area contributed by atoms with Gasteiger partial charge < -0.3 is 9.32 Å². The lowest BCUT2D eigenvalue weighted by Crippen LogP contribution is -2.16. The Labute approximate surface area is 302 Å². The van der Waals surface area contributed by atoms with Crippen LogP contribution in [-0.4, -0.2) is 0 Å². The second-order valence-corrected chi connectivity index (χ2v) is 14.3. The Hall–Kier alpha value is -6.45. The van der Waals surface area contributed by atoms with E-state index in [2.05, 4.69) is 146 Å². The molecule has 0 saturated carbocycles. The highest BCUT2D eigenvalue weighted by Gasteiger charge is 2.36. The van der Waals surface area contributed by atoms with Gasteiger partial charge in [0, 0.05) is 22.2 Å². The molecule has 10 rings (SSSR count). The fourth-order valence-electron chi connectivity index (χ4n) is 8.47. The van der Waals surface area contributed by atoms with Gasteiger partial charge in [-0.2, -0.15) is 0 Å². The van der Waals surface area contributed by atoms with E-state index in [1.165, 1.54) is 28.3 Å². The molecule has 2 nitrogen and oxygen atoms in total. The maximum absolute atomic E-state index is 14.4. The molecular formula is C49H34FNO. The first-order chi connectivity index (χ1) is 25.5. The zero-order chi connectivity index (χ0) is 35.0. The van der Waals surface area contributed by atoms with Gasteiger partial charge in [-0.3, -0.25) is 0 Å². The molecule has 0 bridgehead atoms. The third-order valence-corrected chi connectivity index (χ3v) is 10.9. The number of nitrogens with zero attached hydrogens (tertiary/aromatic N) is 1. The number of benzene rings is 8. The summed E-state index contributed by atoms with van der Waals surface area (Å²) in [6, 6.07) is 58.7. The Balaban J connectivity index is 1.17. The topological polar surface area (TPSA) is 16.4 Å². The van der Waals surface area contributed by atoms with Crippen molar-refractivity contribution in [2.45, 2.75) is 19.3 Å². The normalized spacial score (nSPS) is 13.1. The molecule has 1 aromatic heterocycles. The van der Waals surface area contributed by atoms with Crippen LogP contribution >= 0.6 is 0 Å². The standard InChI is InChI=1S/C49H34FNO/c1-49(2)42-19-5-3-15-39(42)40-28-27-36(30-43(40)49)51(44-20-10-22-46-48(44)41-16-4-6-21-45(41)52-46)35-25-23-31(24-26-35)37-17-8-11-32-12-9-18-38(47(32)37)33-13-7-14-34(50)29-33/h3-30H,1-2H3. The van der Waals surface area contributed by atoms with Gasteiger partial charge in [0.15, 0.2) is 0 Å². The van der Waals surface area contributed by atoms with Crippen LogP contribution in [0.1, 0.15) is 25.0 Å². The summed E-state index contributed by atoms with van der Waals surface area (Å²) >= 11 is 0. The molecule has 9 aromatic rings. The summed E-state index contributed by atoms with van der Waals surface area (Å²) in [7, 11) is 0. The number of furan rings is 1. The fraction of sp³-hybridized carbons (Fsp3) is 0.0612. The Kier molecular flexibility index (Phi) is 6.74. The van der Waals surface area contributed by atoms with Gasteiger partial charge in [-0.05, 0) is 110 Å². The van der Waals surface area contributed by atoms with Crippen LogP contribution in [0.25, 0.3) is 66.1 Å². The second kappa shape index (κ2) is 11.5. The molecule has 0 saturated heterocycles. The average Bonchev–Trinajstić information content (AvgIpc) is 3.67. The van der Waals surface area contributed by atoms with Crippen LogP contribution in [0.2, 0.25) is 0 Å². The van der Waals surface area contributed by atoms with Crippen molar-refractivity contribution >= 4 is 49.8 Å². The third-order valence-electron chi connectivity index (χ3n) is 10.9. The van der Waals surface area contributed by atoms with Crippen LogP contribution in [0.5, 0.6) is 0 Å². The molecule has 0 unspecified atom stereocenters. The smallest absolute Gasteiger partial charge is 0.137 e. The number of para-hydroxylation sites is 1. The van der Waals surface area contributed by atoms with Crippen molar-refractivity contribution in [3.63, 3.8) is 0 Å². The van der Waals surface area contributed by atoms with Crippen molar-refractivity contribution in [1.29, 1.82) is 0 Å². The molecule has 52 heavy (non-hydrogen) atoms. The molecule has 0 aliphatic heterocycles. The van der Waals surface area contributed by atoms with Gasteiger partial charge in [-0.1, -0.05) is 129 Å². The SMILES string of the molecule is CC1(C)c2ccccc2-c2ccc(N(c3ccc(-c4cccc5cccc(-c6cccc(F)c6)c45)cc3)c3cccc4oc5ccccc5c34)cc21. The highest BCUT2D eigenvalue weighted by Crippen LogP contribution is 2.51. The molecule has 0 atom stereocenters. The van der Waals surface area contributed by atoms with Crippen LogP contribution < -0.4 is 4.90 Å². The Morgan fingerprint density at radius 2 is 1.13 bits per heavy atom. The van der Waals surface area contributed by atoms with Gasteiger partial charge in [0.25, 0.3) is 0 Å². The molecule has 8 aromatic carbocycles. The molecule has 3 heteroatoms. The van der Waals surface area contributed by atoms with E-state index in [4.69, 9.17) is 4.42 Å². The summed E-state index contributed by atoms with van der Waals surface area (Å²) in [6.45, 7) is 4.65. The van der Waals surface area contributed by atoms with Crippen LogP contribution in [0.15, 0.2) is 174 Å². The van der Waals surface area contributed by atoms with Gasteiger partial charge in [0.2, 0.25) is 0 Å². The molecule has 0 N–H and O–H groups in total. The monoisotopic (exact) mass is 671 g/mol. The maximum atomic E-state index is 14.4. The minimum atomic E-state index is -0.240. The predicted molar refractivity (Wildman–Crippen MR) is 214 cm³/mol. The Bertz CT molecular complexity index is 2840. The van der Waals surface area contributed by atoms with Crippen molar-refractivity contribution in [3.8, 4) is 33.4 Å². The lowest BCUT2D eigenvalue weighted by Gasteiger charge is -2.29. The van der Waals surface area contributed by atoms with E-state index in [9.17, 15) is 4.39 Å². The third kappa shape index (κ3) is 4.63. The second-order valence-electron chi connectivity index (χ2n) is 14.3. The van der Waals surface area contributed by atoms with Crippen molar-refractivity contribution in [3.05, 3.63) is 187 Å². The molecular weight excluding hydrogens is 638 g/mol. The van der Waals surface area contributed by atoms with Crippen molar-refractivity contribution in [2.24, 2.45) is 0 Å². The van der Waals surface area contributed by atoms with Gasteiger partial charge in [-0.25, -0.2) is 4.39 Å². The number of halogens is 1. The number of rotatable bonds is 5. The summed E-state index contributed by atoms with van der Waals surface area (Å²) in [5.74, 6) is -0.240. The largest absolute Gasteiger partial charge is 0.456 e. The molecule has 0 spiro atoms. The summed E-state index contributed by atoms with van der Waals surface area (Å²) in [5, 5.41) is 4.39. The highest BCUT2D eigenvalue weighted by atomic mass is 19.1. The lowest BCUT2D eigenvalue weighted by molar-refractivity contribution is 0.628. The van der Waals surface area contributed by atoms with E-state index in [1.807, 2.05) is 24.3 Å². The summed E-state index contributed by atoms with van der Waals surface area (Å²) in [4.78, 5) is 2.37. The van der Waals surface area contributed by atoms with Crippen LogP contribution in [0.3, 0.4) is 0 Å². The molecule has 1 aliphatic rings. The Morgan fingerprint density at radius 1 is 0.481 bits per heavy atom. The van der Waals surface area contributed by atoms with E-state index in [0.29, 0.717) is 0 Å². The molecule has 0 radical (unpaired) electrons. The molecule has 1 aliphatic carbocycles. The van der Waals surface area contributed by atoms with E-state index in [1.54, 1.807) is 12.1 Å². The minimum absolute atomic E-state index is 0.139. The van der Waals surface area contributed by atoms with Crippen molar-refractivity contribution in [2.75, 3.05) is 4.90 Å². The summed E-state index contributed by atoms with van der Waals surface area (Å²) < 4.78 is 20.8. The summed E-state index contributed by atoms with van der Waals surface area (Å²) in [5.41, 5.74) is 14.1. The average molecular weight is 672 g/mol. The van der Waals surface area contributed by atoms with Gasteiger partial charge in [0.05, 0.1) is 11.1 Å². The number of hydrogen-bond acceptors (Lipinski definition) is 2. The zero-order valence-electron chi connectivity index (χ0n) is 28.9. The van der Waals surface area contributed by atoms with Gasteiger partial charge >= 0.3 is 0 Å². The highest BCUT2D eigenvalue weighted by molar-refractivity contribution is 6.13. The van der Waals surface area contributed by atoms with Crippen LogP contribution in [-0.2, 0) is 5.41 Å². The van der Waals surface area contributed by atoms with E-state index in [0.717, 1.165) is 72.0 Å². The van der Waals surface area contributed by atoms with Crippen LogP contribution in [0, 0.1) is 5.82 Å². The number of hydrogen-bond donors (Lipinski definition) is 0. The minimum Gasteiger partial charge on any atom is -0.456 e. The summed E-state index contributed by atoms with van der Waals surface area (Å²) in [6.07, 6.45) is 0. The van der Waals surface area contributed by atoms with Crippen molar-refractivity contribution < 1.29 is 8.81 Å². The molecule has 1 heterocycles. The lowest BCUT2D eigenvalue weighted by atomic mass is 9.82. The first-order valence-electron chi connectivity index (χ1n) is 17.8. The van der Waals surface area contributed by atoms with Gasteiger partial charge in [-0.15, -0.1) is 0 Å². The molecule has 248 valence electrons. The number of anilines is 3. The van der Waals surface area contributed by atoms with Gasteiger partial charge in [0.1, 0.15) is 17.0 Å². The fourth-order valence-corrected chi connectivity index (χ4v) is 8.47. The quantitative estimate of drug-likeness (QED) is 0.181. The van der Waals surface area contributed by atoms with E-state index in [-0.39, 0.29) is 11.2 Å². The number of fused-ring (bicyclic) bond motifs is 7. The Morgan fingerprint density at radius 3 is 1.96 bits per heavy atom. The molecule has 0 fully saturated rings. The first-order valence-corrected chi connectivity index (χ1v) is 17.8. The zero-order valence-corrected chi connectivity index (χ0v) is 28.9. The maximum Gasteiger partial charge on any atom is 0.137 e. The van der Waals surface area contributed by atoms with E-state index >= 15 is 0 Å². The van der Waals surface area contributed by atoms with E-state index < -0.39 is 0 Å².